The van der Waals surface area contributed by atoms with Crippen molar-refractivity contribution in [1.29, 1.82) is 0 Å². The Balaban J connectivity index is 2.14. The van der Waals surface area contributed by atoms with E-state index in [0.29, 0.717) is 0 Å². The number of amides is 1. The summed E-state index contributed by atoms with van der Waals surface area (Å²) in [6, 6.07) is 8.01. The molecule has 2 N–H and O–H groups in total. The van der Waals surface area contributed by atoms with Gasteiger partial charge in [0.05, 0.1) is 6.04 Å². The lowest BCUT2D eigenvalue weighted by Crippen LogP contribution is -2.49. The van der Waals surface area contributed by atoms with E-state index in [-0.39, 0.29) is 18.6 Å². The fourth-order valence-electron chi connectivity index (χ4n) is 2.56. The van der Waals surface area contributed by atoms with Crippen molar-refractivity contribution in [3.63, 3.8) is 0 Å². The molecule has 2 rings (SSSR count). The third kappa shape index (κ3) is 3.33. The molecular weight excluding hydrogens is 240 g/mol. The molecule has 1 aromatic carbocycles. The molecule has 0 aromatic heterocycles. The average Bonchev–Trinajstić information content (AvgIpc) is 2.45. The van der Waals surface area contributed by atoms with Crippen LogP contribution in [0.25, 0.3) is 0 Å². The molecule has 1 amide bonds. The zero-order chi connectivity index (χ0) is 13.7. The molecule has 4 nitrogen and oxygen atoms in total. The van der Waals surface area contributed by atoms with Gasteiger partial charge in [0.1, 0.15) is 0 Å². The topological polar surface area (TPSA) is 52.6 Å². The minimum absolute atomic E-state index is 0.0603. The number of nitrogens with zero attached hydrogens (tertiary/aromatic N) is 1. The fraction of sp³-hybridized carbons (Fsp3) is 0.533. The Morgan fingerprint density at radius 3 is 3.05 bits per heavy atom. The fourth-order valence-corrected chi connectivity index (χ4v) is 2.56. The molecule has 1 aliphatic heterocycles. The number of nitrogens with one attached hydrogen (secondary N) is 1. The summed E-state index contributed by atoms with van der Waals surface area (Å²) < 4.78 is 0. The normalized spacial score (nSPS) is 19.8. The lowest BCUT2D eigenvalue weighted by Gasteiger charge is -2.32. The van der Waals surface area contributed by atoms with E-state index < -0.39 is 0 Å². The molecule has 1 atom stereocenters. The van der Waals surface area contributed by atoms with Crippen LogP contribution in [0.1, 0.15) is 24.8 Å². The van der Waals surface area contributed by atoms with E-state index in [1.807, 2.05) is 30.1 Å². The molecule has 1 saturated heterocycles. The van der Waals surface area contributed by atoms with E-state index in [4.69, 9.17) is 5.11 Å². The Bertz CT molecular complexity index is 434. The first-order valence-electron chi connectivity index (χ1n) is 6.94. The third-order valence-corrected chi connectivity index (χ3v) is 3.63. The predicted molar refractivity (Wildman–Crippen MR) is 76.3 cm³/mol. The van der Waals surface area contributed by atoms with Gasteiger partial charge in [-0.3, -0.25) is 4.79 Å². The maximum Gasteiger partial charge on any atom is 0.244 e. The molecule has 4 heteroatoms. The van der Waals surface area contributed by atoms with E-state index >= 15 is 0 Å². The Labute approximate surface area is 114 Å². The second kappa shape index (κ2) is 6.68. The minimum atomic E-state index is -0.0603. The van der Waals surface area contributed by atoms with Crippen molar-refractivity contribution >= 4 is 11.6 Å². The summed E-state index contributed by atoms with van der Waals surface area (Å²) in [6.45, 7) is 0.995. The zero-order valence-corrected chi connectivity index (χ0v) is 11.4. The lowest BCUT2D eigenvalue weighted by molar-refractivity contribution is -0.121. The first-order chi connectivity index (χ1) is 9.26. The highest BCUT2D eigenvalue weighted by atomic mass is 16.2. The number of benzene rings is 1. The molecule has 0 aliphatic carbocycles. The monoisotopic (exact) mass is 262 g/mol. The van der Waals surface area contributed by atoms with Crippen molar-refractivity contribution in [2.24, 2.45) is 0 Å². The summed E-state index contributed by atoms with van der Waals surface area (Å²) in [5, 5.41) is 12.0. The summed E-state index contributed by atoms with van der Waals surface area (Å²) in [6.07, 6.45) is 3.55. The first-order valence-corrected chi connectivity index (χ1v) is 6.94. The van der Waals surface area contributed by atoms with E-state index in [1.54, 1.807) is 0 Å². The predicted octanol–water partition coefficient (Wildman–Crippen LogP) is 1.33. The number of anilines is 1. The number of aliphatic hydroxyl groups is 1. The van der Waals surface area contributed by atoms with Crippen molar-refractivity contribution in [1.82, 2.24) is 5.32 Å². The van der Waals surface area contributed by atoms with Gasteiger partial charge in [-0.1, -0.05) is 12.1 Å². The van der Waals surface area contributed by atoms with Gasteiger partial charge < -0.3 is 15.3 Å². The summed E-state index contributed by atoms with van der Waals surface area (Å²) in [4.78, 5) is 14.2. The number of carbonyl (C=O) groups is 1. The van der Waals surface area contributed by atoms with Crippen LogP contribution in [0.3, 0.4) is 0 Å². The van der Waals surface area contributed by atoms with Gasteiger partial charge in [0.15, 0.2) is 0 Å². The second-order valence-corrected chi connectivity index (χ2v) is 4.97. The van der Waals surface area contributed by atoms with Crippen LogP contribution in [0.2, 0.25) is 0 Å². The maximum absolute atomic E-state index is 12.3. The van der Waals surface area contributed by atoms with E-state index in [0.717, 1.165) is 37.9 Å². The Hall–Kier alpha value is -1.39. The SMILES string of the molecule is CNC1CCCN(c2cccc(CCCO)c2)C1=O. The van der Waals surface area contributed by atoms with Crippen molar-refractivity contribution in [2.45, 2.75) is 31.7 Å². The van der Waals surface area contributed by atoms with Crippen molar-refractivity contribution < 1.29 is 9.90 Å². The number of likely N-dealkylation sites (N-methyl/N-ethyl adjacent to an activating group) is 1. The summed E-state index contributed by atoms with van der Waals surface area (Å²) in [5.41, 5.74) is 2.14. The average molecular weight is 262 g/mol. The summed E-state index contributed by atoms with van der Waals surface area (Å²) in [5.74, 6) is 0.160. The zero-order valence-electron chi connectivity index (χ0n) is 11.4. The highest BCUT2D eigenvalue weighted by molar-refractivity contribution is 5.97. The smallest absolute Gasteiger partial charge is 0.244 e. The van der Waals surface area contributed by atoms with Crippen LogP contribution in [0, 0.1) is 0 Å². The van der Waals surface area contributed by atoms with Crippen LogP contribution in [0.4, 0.5) is 5.69 Å². The number of aryl methyl sites for hydroxylation is 1. The van der Waals surface area contributed by atoms with Crippen molar-refractivity contribution in [3.05, 3.63) is 29.8 Å². The second-order valence-electron chi connectivity index (χ2n) is 4.97. The molecular formula is C15H22N2O2. The van der Waals surface area contributed by atoms with E-state index in [9.17, 15) is 4.79 Å². The van der Waals surface area contributed by atoms with Gasteiger partial charge in [-0.25, -0.2) is 0 Å². The number of hydrogen-bond donors (Lipinski definition) is 2. The number of aliphatic hydroxyl groups excluding tert-OH is 1. The van der Waals surface area contributed by atoms with E-state index in [1.165, 1.54) is 5.56 Å². The molecule has 0 radical (unpaired) electrons. The van der Waals surface area contributed by atoms with Gasteiger partial charge in [0.25, 0.3) is 0 Å². The van der Waals surface area contributed by atoms with Crippen molar-refractivity contribution in [2.75, 3.05) is 25.1 Å². The van der Waals surface area contributed by atoms with Crippen LogP contribution in [0.15, 0.2) is 24.3 Å². The molecule has 0 spiro atoms. The van der Waals surface area contributed by atoms with Gasteiger partial charge >= 0.3 is 0 Å². The van der Waals surface area contributed by atoms with Crippen LogP contribution in [0.5, 0.6) is 0 Å². The summed E-state index contributed by atoms with van der Waals surface area (Å²) >= 11 is 0. The highest BCUT2D eigenvalue weighted by Gasteiger charge is 2.28. The van der Waals surface area contributed by atoms with Gasteiger partial charge in [0.2, 0.25) is 5.91 Å². The molecule has 1 aromatic rings. The third-order valence-electron chi connectivity index (χ3n) is 3.63. The minimum Gasteiger partial charge on any atom is -0.396 e. The lowest BCUT2D eigenvalue weighted by atomic mass is 10.0. The molecule has 1 heterocycles. The number of piperidine rings is 1. The molecule has 1 unspecified atom stereocenters. The van der Waals surface area contributed by atoms with Crippen LogP contribution in [-0.2, 0) is 11.2 Å². The maximum atomic E-state index is 12.3. The number of carbonyl (C=O) groups excluding carboxylic acids is 1. The molecule has 1 fully saturated rings. The highest BCUT2D eigenvalue weighted by Crippen LogP contribution is 2.22. The van der Waals surface area contributed by atoms with Gasteiger partial charge in [-0.15, -0.1) is 0 Å². The van der Waals surface area contributed by atoms with Crippen LogP contribution < -0.4 is 10.2 Å². The molecule has 0 saturated carbocycles. The number of hydrogen-bond acceptors (Lipinski definition) is 3. The van der Waals surface area contributed by atoms with Gasteiger partial charge in [-0.2, -0.15) is 0 Å². The standard InChI is InChI=1S/C15H22N2O2/c1-16-14-8-3-9-17(15(14)19)13-7-2-5-12(11-13)6-4-10-18/h2,5,7,11,14,16,18H,3-4,6,8-10H2,1H3. The van der Waals surface area contributed by atoms with Gasteiger partial charge in [-0.05, 0) is 50.4 Å². The number of rotatable bonds is 5. The van der Waals surface area contributed by atoms with Crippen LogP contribution in [-0.4, -0.2) is 37.3 Å². The largest absolute Gasteiger partial charge is 0.396 e. The van der Waals surface area contributed by atoms with Crippen molar-refractivity contribution in [3.8, 4) is 0 Å². The first kappa shape index (κ1) is 14.0. The van der Waals surface area contributed by atoms with Crippen LogP contribution >= 0.6 is 0 Å². The van der Waals surface area contributed by atoms with E-state index in [2.05, 4.69) is 11.4 Å². The molecule has 1 aliphatic rings. The Kier molecular flexibility index (Phi) is 4.93. The van der Waals surface area contributed by atoms with Gasteiger partial charge in [0, 0.05) is 18.8 Å². The molecule has 0 bridgehead atoms. The molecule has 19 heavy (non-hydrogen) atoms. The quantitative estimate of drug-likeness (QED) is 0.841. The Morgan fingerprint density at radius 1 is 1.47 bits per heavy atom. The Morgan fingerprint density at radius 2 is 2.32 bits per heavy atom. The summed E-state index contributed by atoms with van der Waals surface area (Å²) in [7, 11) is 1.84. The molecule has 104 valence electrons.